The summed E-state index contributed by atoms with van der Waals surface area (Å²) in [5.74, 6) is -0.129. The fourth-order valence-corrected chi connectivity index (χ4v) is 2.97. The number of benzene rings is 1. The Morgan fingerprint density at radius 3 is 2.47 bits per heavy atom. The van der Waals surface area contributed by atoms with Crippen LogP contribution in [0.15, 0.2) is 6.07 Å². The first-order valence-electron chi connectivity index (χ1n) is 5.13. The fourth-order valence-electron chi connectivity index (χ4n) is 1.87. The van der Waals surface area contributed by atoms with Crippen molar-refractivity contribution in [2.24, 2.45) is 0 Å². The van der Waals surface area contributed by atoms with Gasteiger partial charge in [-0.1, -0.05) is 46.4 Å². The second-order valence-corrected chi connectivity index (χ2v) is 5.43. The van der Waals surface area contributed by atoms with E-state index in [4.69, 9.17) is 46.4 Å². The Morgan fingerprint density at radius 1 is 1.18 bits per heavy atom. The van der Waals surface area contributed by atoms with Crippen LogP contribution in [-0.4, -0.2) is 18.4 Å². The van der Waals surface area contributed by atoms with E-state index in [9.17, 15) is 4.79 Å². The monoisotopic (exact) mass is 311 g/mol. The van der Waals surface area contributed by atoms with Crippen molar-refractivity contribution < 1.29 is 4.79 Å². The molecule has 0 bridgehead atoms. The van der Waals surface area contributed by atoms with Crippen LogP contribution in [0.1, 0.15) is 23.2 Å². The molecule has 17 heavy (non-hydrogen) atoms. The zero-order chi connectivity index (χ0) is 12.6. The van der Waals surface area contributed by atoms with Crippen molar-refractivity contribution in [3.63, 3.8) is 0 Å². The molecule has 1 aliphatic rings. The molecule has 6 heteroatoms. The van der Waals surface area contributed by atoms with Crippen LogP contribution in [0.4, 0.5) is 0 Å². The van der Waals surface area contributed by atoms with E-state index >= 15 is 0 Å². The number of hydrogen-bond donors (Lipinski definition) is 1. The van der Waals surface area contributed by atoms with E-state index in [1.54, 1.807) is 0 Å². The first-order chi connectivity index (χ1) is 8.02. The summed E-state index contributed by atoms with van der Waals surface area (Å²) in [5.41, 5.74) is 0.252. The van der Waals surface area contributed by atoms with Gasteiger partial charge in [0.05, 0.1) is 31.7 Å². The van der Waals surface area contributed by atoms with Gasteiger partial charge in [-0.15, -0.1) is 0 Å². The zero-order valence-corrected chi connectivity index (χ0v) is 11.7. The number of halogens is 4. The van der Waals surface area contributed by atoms with Gasteiger partial charge in [0.1, 0.15) is 0 Å². The largest absolute Gasteiger partial charge is 0.307 e. The molecule has 0 radical (unpaired) electrons. The molecule has 1 unspecified atom stereocenters. The van der Waals surface area contributed by atoms with Gasteiger partial charge in [-0.05, 0) is 25.5 Å². The number of nitrogens with one attached hydrogen (secondary N) is 1. The molecule has 1 saturated heterocycles. The third kappa shape index (κ3) is 2.56. The van der Waals surface area contributed by atoms with Crippen molar-refractivity contribution >= 4 is 52.2 Å². The van der Waals surface area contributed by atoms with Gasteiger partial charge in [0.15, 0.2) is 5.78 Å². The maximum absolute atomic E-state index is 12.2. The van der Waals surface area contributed by atoms with E-state index in [-0.39, 0.29) is 37.5 Å². The van der Waals surface area contributed by atoms with Gasteiger partial charge in [-0.25, -0.2) is 0 Å². The second kappa shape index (κ2) is 5.33. The molecule has 1 aromatic carbocycles. The van der Waals surface area contributed by atoms with Gasteiger partial charge < -0.3 is 5.32 Å². The van der Waals surface area contributed by atoms with Crippen LogP contribution in [-0.2, 0) is 0 Å². The lowest BCUT2D eigenvalue weighted by Crippen LogP contribution is -2.31. The molecule has 1 atom stereocenters. The Balaban J connectivity index is 2.44. The highest BCUT2D eigenvalue weighted by molar-refractivity contribution is 6.51. The molecule has 92 valence electrons. The van der Waals surface area contributed by atoms with E-state index in [0.717, 1.165) is 19.4 Å². The lowest BCUT2D eigenvalue weighted by molar-refractivity contribution is 0.0952. The number of carbonyl (C=O) groups is 1. The predicted octanol–water partition coefficient (Wildman–Crippen LogP) is 4.23. The topological polar surface area (TPSA) is 29.1 Å². The minimum atomic E-state index is -0.234. The molecule has 1 heterocycles. The minimum Gasteiger partial charge on any atom is -0.307 e. The van der Waals surface area contributed by atoms with Crippen LogP contribution in [0.2, 0.25) is 20.1 Å². The molecule has 1 aromatic rings. The molecule has 0 aliphatic carbocycles. The van der Waals surface area contributed by atoms with Crippen LogP contribution in [0, 0.1) is 0 Å². The van der Waals surface area contributed by atoms with Crippen LogP contribution < -0.4 is 5.32 Å². The molecule has 1 N–H and O–H groups in total. The van der Waals surface area contributed by atoms with E-state index in [1.165, 1.54) is 6.07 Å². The van der Waals surface area contributed by atoms with Gasteiger partial charge in [-0.2, -0.15) is 0 Å². The molecule has 0 saturated carbocycles. The van der Waals surface area contributed by atoms with Gasteiger partial charge in [0.25, 0.3) is 0 Å². The smallest absolute Gasteiger partial charge is 0.182 e. The summed E-state index contributed by atoms with van der Waals surface area (Å²) in [7, 11) is 0. The highest BCUT2D eigenvalue weighted by atomic mass is 35.5. The van der Waals surface area contributed by atoms with Crippen LogP contribution in [0.3, 0.4) is 0 Å². The normalized spacial score (nSPS) is 19.6. The highest BCUT2D eigenvalue weighted by Crippen LogP contribution is 2.38. The summed E-state index contributed by atoms with van der Waals surface area (Å²) >= 11 is 23.8. The second-order valence-electron chi connectivity index (χ2n) is 3.86. The average Bonchev–Trinajstić information content (AvgIpc) is 2.79. The van der Waals surface area contributed by atoms with Crippen molar-refractivity contribution in [1.82, 2.24) is 5.32 Å². The Labute approximate surface area is 119 Å². The number of Topliss-reactive ketones (excluding diaryl/α,β-unsaturated/α-hetero) is 1. The summed E-state index contributed by atoms with van der Waals surface area (Å²) in [6, 6.07) is 1.21. The third-order valence-electron chi connectivity index (χ3n) is 2.74. The van der Waals surface area contributed by atoms with Gasteiger partial charge in [0, 0.05) is 0 Å². The average molecular weight is 313 g/mol. The van der Waals surface area contributed by atoms with E-state index in [1.807, 2.05) is 0 Å². The Hall–Kier alpha value is 0.01000. The fraction of sp³-hybridized carbons (Fsp3) is 0.364. The van der Waals surface area contributed by atoms with Crippen molar-refractivity contribution in [3.8, 4) is 0 Å². The highest BCUT2D eigenvalue weighted by Gasteiger charge is 2.28. The van der Waals surface area contributed by atoms with Crippen LogP contribution in [0.25, 0.3) is 0 Å². The quantitative estimate of drug-likeness (QED) is 0.503. The molecule has 1 fully saturated rings. The summed E-state index contributed by atoms with van der Waals surface area (Å²) in [6.07, 6.45) is 1.75. The molecule has 1 aliphatic heterocycles. The predicted molar refractivity (Wildman–Crippen MR) is 71.8 cm³/mol. The molecule has 0 aromatic heterocycles. The Bertz CT molecular complexity index is 469. The van der Waals surface area contributed by atoms with Gasteiger partial charge in [-0.3, -0.25) is 4.79 Å². The summed E-state index contributed by atoms with van der Waals surface area (Å²) < 4.78 is 0. The number of rotatable bonds is 2. The van der Waals surface area contributed by atoms with Crippen LogP contribution >= 0.6 is 46.4 Å². The number of hydrogen-bond acceptors (Lipinski definition) is 2. The lowest BCUT2D eigenvalue weighted by Gasteiger charge is -2.13. The Morgan fingerprint density at radius 2 is 1.88 bits per heavy atom. The van der Waals surface area contributed by atoms with Crippen molar-refractivity contribution in [3.05, 3.63) is 31.7 Å². The standard InChI is InChI=1S/C11H9Cl4NO/c12-5-4-6(13)9(14)10(15)8(5)11(17)7-2-1-3-16-7/h4,7,16H,1-3H2. The molecular weight excluding hydrogens is 304 g/mol. The van der Waals surface area contributed by atoms with E-state index in [2.05, 4.69) is 5.32 Å². The first-order valence-corrected chi connectivity index (χ1v) is 6.64. The van der Waals surface area contributed by atoms with Gasteiger partial charge in [0.2, 0.25) is 0 Å². The summed E-state index contributed by atoms with van der Waals surface area (Å²) in [6.45, 7) is 0.826. The maximum Gasteiger partial charge on any atom is 0.182 e. The summed E-state index contributed by atoms with van der Waals surface area (Å²) in [5, 5.41) is 3.88. The van der Waals surface area contributed by atoms with Crippen molar-refractivity contribution in [2.45, 2.75) is 18.9 Å². The maximum atomic E-state index is 12.2. The zero-order valence-electron chi connectivity index (χ0n) is 8.70. The van der Waals surface area contributed by atoms with E-state index in [0.29, 0.717) is 0 Å². The van der Waals surface area contributed by atoms with Crippen molar-refractivity contribution in [2.75, 3.05) is 6.54 Å². The van der Waals surface area contributed by atoms with E-state index < -0.39 is 0 Å². The van der Waals surface area contributed by atoms with Gasteiger partial charge >= 0.3 is 0 Å². The molecule has 2 rings (SSSR count). The SMILES string of the molecule is O=C(c1c(Cl)cc(Cl)c(Cl)c1Cl)C1CCCN1. The Kier molecular flexibility index (Phi) is 4.22. The summed E-state index contributed by atoms with van der Waals surface area (Å²) in [4.78, 5) is 12.2. The molecular formula is C11H9Cl4NO. The third-order valence-corrected chi connectivity index (χ3v) is 4.30. The first kappa shape index (κ1) is 13.4. The minimum absolute atomic E-state index is 0.128. The molecule has 0 spiro atoms. The van der Waals surface area contributed by atoms with Crippen LogP contribution in [0.5, 0.6) is 0 Å². The van der Waals surface area contributed by atoms with Crippen molar-refractivity contribution in [1.29, 1.82) is 0 Å². The molecule has 0 amide bonds. The number of ketones is 1. The number of carbonyl (C=O) groups excluding carboxylic acids is 1. The lowest BCUT2D eigenvalue weighted by atomic mass is 10.0. The molecule has 2 nitrogen and oxygen atoms in total.